The second kappa shape index (κ2) is 6.41. The van der Waals surface area contributed by atoms with Crippen molar-refractivity contribution < 1.29 is 4.79 Å². The first kappa shape index (κ1) is 14.4. The normalized spacial score (nSPS) is 11.2. The van der Waals surface area contributed by atoms with Crippen LogP contribution < -0.4 is 10.7 Å². The van der Waals surface area contributed by atoms with E-state index in [1.54, 1.807) is 16.8 Å². The molecule has 0 aliphatic rings. The van der Waals surface area contributed by atoms with E-state index >= 15 is 0 Å². The number of hydrogen-bond donors (Lipinski definition) is 2. The number of fused-ring (bicyclic) bond motifs is 1. The minimum atomic E-state index is -0.118. The van der Waals surface area contributed by atoms with E-state index in [1.807, 2.05) is 0 Å². The fourth-order valence-electron chi connectivity index (χ4n) is 2.38. The lowest BCUT2D eigenvalue weighted by molar-refractivity contribution is 0.0928. The van der Waals surface area contributed by atoms with Gasteiger partial charge in [-0.15, -0.1) is 0 Å². The van der Waals surface area contributed by atoms with Crippen LogP contribution >= 0.6 is 0 Å². The Balaban J connectivity index is 2.15. The van der Waals surface area contributed by atoms with E-state index in [2.05, 4.69) is 24.1 Å². The summed E-state index contributed by atoms with van der Waals surface area (Å²) in [5.74, 6) is -0.118. The lowest BCUT2D eigenvalue weighted by atomic mass is 10.1. The second-order valence-corrected chi connectivity index (χ2v) is 5.07. The number of aromatic amines is 1. The SMILES string of the molecule is CCCC(CCC)NC(=O)c1cn2ccc(=O)cc2[nH]1. The van der Waals surface area contributed by atoms with Gasteiger partial charge in [-0.1, -0.05) is 26.7 Å². The molecule has 0 fully saturated rings. The van der Waals surface area contributed by atoms with Crippen molar-refractivity contribution in [1.82, 2.24) is 14.7 Å². The molecule has 0 saturated heterocycles. The summed E-state index contributed by atoms with van der Waals surface area (Å²) < 4.78 is 1.74. The van der Waals surface area contributed by atoms with E-state index in [4.69, 9.17) is 0 Å². The maximum absolute atomic E-state index is 12.2. The topological polar surface area (TPSA) is 66.4 Å². The minimum absolute atomic E-state index is 0.0753. The molecule has 0 radical (unpaired) electrons. The lowest BCUT2D eigenvalue weighted by Gasteiger charge is -2.16. The highest BCUT2D eigenvalue weighted by atomic mass is 16.2. The summed E-state index contributed by atoms with van der Waals surface area (Å²) in [5, 5.41) is 3.05. The smallest absolute Gasteiger partial charge is 0.269 e. The Bertz CT molecular complexity index is 636. The first-order valence-corrected chi connectivity index (χ1v) is 7.16. The zero-order valence-electron chi connectivity index (χ0n) is 12.0. The number of nitrogens with one attached hydrogen (secondary N) is 2. The van der Waals surface area contributed by atoms with Crippen LogP contribution in [0.4, 0.5) is 0 Å². The van der Waals surface area contributed by atoms with Crippen LogP contribution in [-0.4, -0.2) is 21.3 Å². The van der Waals surface area contributed by atoms with Gasteiger partial charge in [0, 0.05) is 30.6 Å². The highest BCUT2D eigenvalue weighted by Gasteiger charge is 2.14. The molecule has 108 valence electrons. The van der Waals surface area contributed by atoms with Gasteiger partial charge < -0.3 is 14.7 Å². The Kier molecular flexibility index (Phi) is 4.61. The van der Waals surface area contributed by atoms with Crippen molar-refractivity contribution in [1.29, 1.82) is 0 Å². The molecule has 2 N–H and O–H groups in total. The van der Waals surface area contributed by atoms with Crippen LogP contribution in [0.2, 0.25) is 0 Å². The first-order chi connectivity index (χ1) is 9.63. The number of H-pyrrole nitrogens is 1. The van der Waals surface area contributed by atoms with E-state index in [0.717, 1.165) is 25.7 Å². The van der Waals surface area contributed by atoms with E-state index in [9.17, 15) is 9.59 Å². The van der Waals surface area contributed by atoms with E-state index in [-0.39, 0.29) is 17.4 Å². The van der Waals surface area contributed by atoms with Crippen molar-refractivity contribution in [3.8, 4) is 0 Å². The maximum atomic E-state index is 12.2. The number of pyridine rings is 1. The summed E-state index contributed by atoms with van der Waals surface area (Å²) >= 11 is 0. The first-order valence-electron chi connectivity index (χ1n) is 7.16. The van der Waals surface area contributed by atoms with Gasteiger partial charge in [0.2, 0.25) is 0 Å². The number of carbonyl (C=O) groups excluding carboxylic acids is 1. The molecular weight excluding hydrogens is 254 g/mol. The lowest BCUT2D eigenvalue weighted by Crippen LogP contribution is -2.34. The predicted molar refractivity (Wildman–Crippen MR) is 79.1 cm³/mol. The van der Waals surface area contributed by atoms with Crippen LogP contribution in [-0.2, 0) is 0 Å². The molecule has 2 rings (SSSR count). The molecule has 0 aromatic carbocycles. The molecule has 0 saturated carbocycles. The number of amides is 1. The summed E-state index contributed by atoms with van der Waals surface area (Å²) in [4.78, 5) is 26.5. The average molecular weight is 275 g/mol. The largest absolute Gasteiger partial charge is 0.348 e. The molecule has 0 atom stereocenters. The Morgan fingerprint density at radius 2 is 2.05 bits per heavy atom. The van der Waals surface area contributed by atoms with Crippen molar-refractivity contribution in [2.45, 2.75) is 45.6 Å². The van der Waals surface area contributed by atoms with Crippen LogP contribution in [0.3, 0.4) is 0 Å². The van der Waals surface area contributed by atoms with Crippen LogP contribution in [0, 0.1) is 0 Å². The number of imidazole rings is 1. The molecule has 5 heteroatoms. The van der Waals surface area contributed by atoms with Crippen molar-refractivity contribution in [2.75, 3.05) is 0 Å². The molecule has 1 amide bonds. The molecule has 0 bridgehead atoms. The molecule has 2 heterocycles. The van der Waals surface area contributed by atoms with Gasteiger partial charge >= 0.3 is 0 Å². The van der Waals surface area contributed by atoms with E-state index in [1.165, 1.54) is 12.1 Å². The van der Waals surface area contributed by atoms with Gasteiger partial charge in [0.05, 0.1) is 0 Å². The van der Waals surface area contributed by atoms with E-state index < -0.39 is 0 Å². The third-order valence-corrected chi connectivity index (χ3v) is 3.34. The molecule has 0 aliphatic heterocycles. The molecule has 5 nitrogen and oxygen atoms in total. The minimum Gasteiger partial charge on any atom is -0.348 e. The summed E-state index contributed by atoms with van der Waals surface area (Å²) in [5.41, 5.74) is 1.03. The Morgan fingerprint density at radius 3 is 2.70 bits per heavy atom. The summed E-state index contributed by atoms with van der Waals surface area (Å²) in [6, 6.07) is 3.16. The Morgan fingerprint density at radius 1 is 1.35 bits per heavy atom. The van der Waals surface area contributed by atoms with Crippen LogP contribution in [0.5, 0.6) is 0 Å². The fraction of sp³-hybridized carbons (Fsp3) is 0.467. The van der Waals surface area contributed by atoms with Crippen molar-refractivity contribution in [3.63, 3.8) is 0 Å². The fourth-order valence-corrected chi connectivity index (χ4v) is 2.38. The van der Waals surface area contributed by atoms with E-state index in [0.29, 0.717) is 11.3 Å². The highest BCUT2D eigenvalue weighted by Crippen LogP contribution is 2.07. The monoisotopic (exact) mass is 275 g/mol. The Hall–Kier alpha value is -2.04. The average Bonchev–Trinajstić information content (AvgIpc) is 2.82. The molecule has 0 spiro atoms. The molecule has 2 aromatic rings. The number of aromatic nitrogens is 2. The summed E-state index contributed by atoms with van der Waals surface area (Å²) in [6.45, 7) is 4.23. The van der Waals surface area contributed by atoms with Gasteiger partial charge in [0.1, 0.15) is 11.3 Å². The third kappa shape index (κ3) is 3.29. The van der Waals surface area contributed by atoms with Crippen LogP contribution in [0.15, 0.2) is 29.3 Å². The third-order valence-electron chi connectivity index (χ3n) is 3.34. The number of rotatable bonds is 6. The van der Waals surface area contributed by atoms with Gasteiger partial charge in [-0.3, -0.25) is 9.59 Å². The molecule has 2 aromatic heterocycles. The highest BCUT2D eigenvalue weighted by molar-refractivity contribution is 5.93. The maximum Gasteiger partial charge on any atom is 0.269 e. The van der Waals surface area contributed by atoms with Crippen LogP contribution in [0.25, 0.3) is 5.65 Å². The molecule has 20 heavy (non-hydrogen) atoms. The van der Waals surface area contributed by atoms with Crippen molar-refractivity contribution in [2.24, 2.45) is 0 Å². The number of nitrogens with zero attached hydrogens (tertiary/aromatic N) is 1. The quantitative estimate of drug-likeness (QED) is 0.849. The molecule has 0 unspecified atom stereocenters. The standard InChI is InChI=1S/C15H21N3O2/c1-3-5-11(6-4-2)16-15(20)13-10-18-8-7-12(19)9-14(18)17-13/h7-11,17H,3-6H2,1-2H3,(H,16,20). The number of hydrogen-bond acceptors (Lipinski definition) is 2. The van der Waals surface area contributed by atoms with Crippen molar-refractivity contribution in [3.05, 3.63) is 40.4 Å². The predicted octanol–water partition coefficient (Wildman–Crippen LogP) is 2.33. The number of carbonyl (C=O) groups is 1. The second-order valence-electron chi connectivity index (χ2n) is 5.07. The summed E-state index contributed by atoms with van der Waals surface area (Å²) in [7, 11) is 0. The van der Waals surface area contributed by atoms with Gasteiger partial charge in [0.15, 0.2) is 5.43 Å². The van der Waals surface area contributed by atoms with Gasteiger partial charge in [-0.05, 0) is 12.8 Å². The zero-order chi connectivity index (χ0) is 14.5. The molecular formula is C15H21N3O2. The molecule has 0 aliphatic carbocycles. The van der Waals surface area contributed by atoms with Gasteiger partial charge in [-0.2, -0.15) is 0 Å². The van der Waals surface area contributed by atoms with Gasteiger partial charge in [0.25, 0.3) is 5.91 Å². The van der Waals surface area contributed by atoms with Gasteiger partial charge in [-0.25, -0.2) is 0 Å². The summed E-state index contributed by atoms with van der Waals surface area (Å²) in [6.07, 6.45) is 7.42. The Labute approximate surface area is 118 Å². The zero-order valence-corrected chi connectivity index (χ0v) is 12.0. The van der Waals surface area contributed by atoms with Crippen LogP contribution in [0.1, 0.15) is 50.0 Å². The van der Waals surface area contributed by atoms with Crippen molar-refractivity contribution >= 4 is 11.6 Å².